The molecular formula is C23H19N3O3S2. The van der Waals surface area contributed by atoms with Crippen LogP contribution in [-0.2, 0) is 23.0 Å². The predicted molar refractivity (Wildman–Crippen MR) is 122 cm³/mol. The van der Waals surface area contributed by atoms with E-state index in [1.54, 1.807) is 17.6 Å². The number of nitrogens with one attached hydrogen (secondary N) is 1. The number of hydrogen-bond acceptors (Lipinski definition) is 5. The number of aromatic nitrogens is 1. The lowest BCUT2D eigenvalue weighted by Crippen LogP contribution is -2.36. The summed E-state index contributed by atoms with van der Waals surface area (Å²) in [6.07, 6.45) is 2.32. The van der Waals surface area contributed by atoms with E-state index < -0.39 is 15.9 Å². The average molecular weight is 450 g/mol. The van der Waals surface area contributed by atoms with Gasteiger partial charge in [0.15, 0.2) is 0 Å². The molecule has 1 aliphatic heterocycles. The number of para-hydroxylation sites is 1. The summed E-state index contributed by atoms with van der Waals surface area (Å²) in [4.78, 5) is 17.6. The lowest BCUT2D eigenvalue weighted by atomic mass is 10.0. The molecule has 4 aromatic rings. The van der Waals surface area contributed by atoms with Crippen molar-refractivity contribution in [2.24, 2.45) is 0 Å². The number of carbonyl (C=O) groups is 1. The van der Waals surface area contributed by atoms with E-state index in [1.165, 1.54) is 15.9 Å². The van der Waals surface area contributed by atoms with Crippen LogP contribution >= 0.6 is 11.3 Å². The third-order valence-corrected chi connectivity index (χ3v) is 8.36. The number of amides is 1. The fourth-order valence-corrected chi connectivity index (χ4v) is 6.58. The molecule has 2 aromatic heterocycles. The number of benzene rings is 2. The van der Waals surface area contributed by atoms with E-state index in [0.717, 1.165) is 22.3 Å². The van der Waals surface area contributed by atoms with Crippen molar-refractivity contribution >= 4 is 43.9 Å². The minimum absolute atomic E-state index is 0.0441. The van der Waals surface area contributed by atoms with Crippen LogP contribution in [0.25, 0.3) is 10.9 Å². The maximum atomic E-state index is 13.4. The molecule has 3 heterocycles. The number of carbonyl (C=O) groups excluding carboxylic acids is 1. The first-order valence-electron chi connectivity index (χ1n) is 9.83. The molecule has 0 saturated heterocycles. The van der Waals surface area contributed by atoms with Gasteiger partial charge >= 0.3 is 0 Å². The molecule has 156 valence electrons. The number of anilines is 1. The van der Waals surface area contributed by atoms with E-state index in [4.69, 9.17) is 0 Å². The third-order valence-electron chi connectivity index (χ3n) is 5.43. The SMILES string of the molecule is O=C(Nc1cccc2cccnc12)c1sccc1S(=O)(=O)N1CCc2ccccc2C1. The summed E-state index contributed by atoms with van der Waals surface area (Å²) in [7, 11) is -3.80. The molecule has 2 aromatic carbocycles. The van der Waals surface area contributed by atoms with Crippen molar-refractivity contribution < 1.29 is 13.2 Å². The van der Waals surface area contributed by atoms with Crippen LogP contribution in [0.3, 0.4) is 0 Å². The molecule has 5 rings (SSSR count). The Morgan fingerprint density at radius 3 is 2.68 bits per heavy atom. The van der Waals surface area contributed by atoms with Crippen molar-refractivity contribution in [1.82, 2.24) is 9.29 Å². The Hall–Kier alpha value is -3.07. The third kappa shape index (κ3) is 3.63. The number of fused-ring (bicyclic) bond motifs is 2. The van der Waals surface area contributed by atoms with E-state index in [0.29, 0.717) is 30.7 Å². The molecule has 6 nitrogen and oxygen atoms in total. The summed E-state index contributed by atoms with van der Waals surface area (Å²) in [6, 6.07) is 18.6. The molecule has 1 aliphatic rings. The van der Waals surface area contributed by atoms with Crippen LogP contribution in [0.1, 0.15) is 20.8 Å². The number of sulfonamides is 1. The fraction of sp³-hybridized carbons (Fsp3) is 0.130. The summed E-state index contributed by atoms with van der Waals surface area (Å²) in [5, 5.41) is 5.38. The monoisotopic (exact) mass is 449 g/mol. The van der Waals surface area contributed by atoms with Gasteiger partial charge in [0.05, 0.1) is 11.2 Å². The van der Waals surface area contributed by atoms with E-state index in [1.807, 2.05) is 48.5 Å². The molecule has 0 aliphatic carbocycles. The smallest absolute Gasteiger partial charge is 0.267 e. The molecule has 1 amide bonds. The van der Waals surface area contributed by atoms with E-state index in [9.17, 15) is 13.2 Å². The second kappa shape index (κ2) is 7.88. The van der Waals surface area contributed by atoms with Gasteiger partial charge < -0.3 is 5.32 Å². The number of nitrogens with zero attached hydrogens (tertiary/aromatic N) is 2. The Bertz CT molecular complexity index is 1390. The van der Waals surface area contributed by atoms with Gasteiger partial charge in [0.25, 0.3) is 5.91 Å². The first kappa shape index (κ1) is 19.9. The zero-order valence-corrected chi connectivity index (χ0v) is 18.1. The number of hydrogen-bond donors (Lipinski definition) is 1. The van der Waals surface area contributed by atoms with Crippen LogP contribution in [0.2, 0.25) is 0 Å². The molecule has 31 heavy (non-hydrogen) atoms. The lowest BCUT2D eigenvalue weighted by molar-refractivity contribution is 0.102. The van der Waals surface area contributed by atoms with Gasteiger partial charge in [0.1, 0.15) is 9.77 Å². The van der Waals surface area contributed by atoms with Crippen molar-refractivity contribution in [2.75, 3.05) is 11.9 Å². The summed E-state index contributed by atoms with van der Waals surface area (Å²) in [5.41, 5.74) is 3.37. The Morgan fingerprint density at radius 1 is 1.00 bits per heavy atom. The second-order valence-electron chi connectivity index (χ2n) is 7.31. The van der Waals surface area contributed by atoms with E-state index in [-0.39, 0.29) is 9.77 Å². The van der Waals surface area contributed by atoms with Crippen LogP contribution in [0.15, 0.2) is 77.1 Å². The summed E-state index contributed by atoms with van der Waals surface area (Å²) in [6.45, 7) is 0.701. The van der Waals surface area contributed by atoms with E-state index in [2.05, 4.69) is 10.3 Å². The Labute approximate surface area is 184 Å². The zero-order valence-electron chi connectivity index (χ0n) is 16.5. The van der Waals surface area contributed by atoms with Gasteiger partial charge in [0, 0.05) is 24.7 Å². The van der Waals surface area contributed by atoms with Crippen LogP contribution in [-0.4, -0.2) is 30.2 Å². The molecule has 0 saturated carbocycles. The molecule has 0 bridgehead atoms. The topological polar surface area (TPSA) is 79.4 Å². The minimum atomic E-state index is -3.80. The molecule has 0 radical (unpaired) electrons. The molecule has 0 fully saturated rings. The molecule has 0 unspecified atom stereocenters. The van der Waals surface area contributed by atoms with Crippen molar-refractivity contribution in [1.29, 1.82) is 0 Å². The highest BCUT2D eigenvalue weighted by Gasteiger charge is 2.32. The lowest BCUT2D eigenvalue weighted by Gasteiger charge is -2.28. The minimum Gasteiger partial charge on any atom is -0.319 e. The Kier molecular flexibility index (Phi) is 5.05. The van der Waals surface area contributed by atoms with Crippen LogP contribution in [0, 0.1) is 0 Å². The normalized spacial score (nSPS) is 14.3. The zero-order chi connectivity index (χ0) is 21.4. The second-order valence-corrected chi connectivity index (χ2v) is 10.1. The fourth-order valence-electron chi connectivity index (χ4n) is 3.86. The van der Waals surface area contributed by atoms with Gasteiger partial charge in [-0.15, -0.1) is 11.3 Å². The van der Waals surface area contributed by atoms with Crippen LogP contribution in [0.5, 0.6) is 0 Å². The summed E-state index contributed by atoms with van der Waals surface area (Å²) >= 11 is 1.12. The van der Waals surface area contributed by atoms with Gasteiger partial charge in [-0.3, -0.25) is 9.78 Å². The number of thiophene rings is 1. The van der Waals surface area contributed by atoms with Crippen molar-refractivity contribution in [3.63, 3.8) is 0 Å². The average Bonchev–Trinajstić information content (AvgIpc) is 3.30. The Morgan fingerprint density at radius 2 is 1.81 bits per heavy atom. The molecular weight excluding hydrogens is 430 g/mol. The summed E-state index contributed by atoms with van der Waals surface area (Å²) < 4.78 is 28.2. The molecule has 8 heteroatoms. The van der Waals surface area contributed by atoms with Crippen LogP contribution < -0.4 is 5.32 Å². The maximum absolute atomic E-state index is 13.4. The Balaban J connectivity index is 1.44. The highest BCUT2D eigenvalue weighted by molar-refractivity contribution is 7.89. The van der Waals surface area contributed by atoms with Gasteiger partial charge in [0.2, 0.25) is 10.0 Å². The number of rotatable bonds is 4. The van der Waals surface area contributed by atoms with Crippen molar-refractivity contribution in [3.8, 4) is 0 Å². The largest absolute Gasteiger partial charge is 0.319 e. The van der Waals surface area contributed by atoms with Gasteiger partial charge in [-0.25, -0.2) is 8.42 Å². The van der Waals surface area contributed by atoms with Gasteiger partial charge in [-0.05, 0) is 41.1 Å². The highest BCUT2D eigenvalue weighted by atomic mass is 32.2. The van der Waals surface area contributed by atoms with Gasteiger partial charge in [-0.2, -0.15) is 4.31 Å². The highest BCUT2D eigenvalue weighted by Crippen LogP contribution is 2.30. The first-order valence-corrected chi connectivity index (χ1v) is 12.2. The molecule has 0 atom stereocenters. The molecule has 0 spiro atoms. The van der Waals surface area contributed by atoms with Crippen molar-refractivity contribution in [3.05, 3.63) is 88.2 Å². The first-order chi connectivity index (χ1) is 15.0. The van der Waals surface area contributed by atoms with Gasteiger partial charge in [-0.1, -0.05) is 42.5 Å². The molecule has 1 N–H and O–H groups in total. The van der Waals surface area contributed by atoms with Crippen LogP contribution in [0.4, 0.5) is 5.69 Å². The quantitative estimate of drug-likeness (QED) is 0.504. The maximum Gasteiger partial charge on any atom is 0.267 e. The van der Waals surface area contributed by atoms with Crippen molar-refractivity contribution in [2.45, 2.75) is 17.9 Å². The predicted octanol–water partition coefficient (Wildman–Crippen LogP) is 4.30. The number of pyridine rings is 1. The van der Waals surface area contributed by atoms with E-state index >= 15 is 0 Å². The summed E-state index contributed by atoms with van der Waals surface area (Å²) in [5.74, 6) is -0.455. The standard InChI is InChI=1S/C23H19N3O3S2/c27-23(25-19-9-3-7-17-8-4-12-24-21(17)19)22-20(11-14-30-22)31(28,29)26-13-10-16-5-1-2-6-18(16)15-26/h1-9,11-12,14H,10,13,15H2,(H,25,27).